The van der Waals surface area contributed by atoms with E-state index >= 15 is 0 Å². The smallest absolute Gasteiger partial charge is 0.261 e. The molecule has 1 amide bonds. The number of carbonyl (C=O) groups is 1. The lowest BCUT2D eigenvalue weighted by molar-refractivity contribution is -0.127. The van der Waals surface area contributed by atoms with Crippen LogP contribution in [-0.2, 0) is 4.79 Å². The van der Waals surface area contributed by atoms with Crippen LogP contribution in [0.15, 0.2) is 42.5 Å². The zero-order valence-electron chi connectivity index (χ0n) is 16.9. The molecule has 0 aliphatic heterocycles. The third-order valence-corrected chi connectivity index (χ3v) is 4.48. The van der Waals surface area contributed by atoms with Crippen LogP contribution in [0.3, 0.4) is 0 Å². The fraction of sp³-hybridized carbons (Fsp3) is 0.409. The molecule has 0 aliphatic carbocycles. The normalized spacial score (nSPS) is 13.0. The Hall–Kier alpha value is -2.69. The van der Waals surface area contributed by atoms with Crippen LogP contribution in [-0.4, -0.2) is 26.2 Å². The third-order valence-electron chi connectivity index (χ3n) is 4.48. The molecule has 27 heavy (non-hydrogen) atoms. The van der Waals surface area contributed by atoms with E-state index in [4.69, 9.17) is 14.2 Å². The molecule has 2 aromatic carbocycles. The maximum absolute atomic E-state index is 12.6. The number of hydrogen-bond donors (Lipinski definition) is 1. The standard InChI is InChI=1S/C22H29NO4/c1-14(2)18-9-7-8-10-19(18)27-16(4)22(24)23-15(3)17-11-12-20(25-5)21(13-17)26-6/h7-16H,1-6H3,(H,23,24)/t15-,16-/m0/s1. The van der Waals surface area contributed by atoms with E-state index in [1.165, 1.54) is 0 Å². The first-order valence-electron chi connectivity index (χ1n) is 9.15. The monoisotopic (exact) mass is 371 g/mol. The molecule has 5 nitrogen and oxygen atoms in total. The van der Waals surface area contributed by atoms with Crippen molar-refractivity contribution in [2.24, 2.45) is 0 Å². The minimum atomic E-state index is -0.604. The van der Waals surface area contributed by atoms with E-state index in [9.17, 15) is 4.79 Å². The van der Waals surface area contributed by atoms with Crippen LogP contribution in [0.25, 0.3) is 0 Å². The molecule has 0 saturated carbocycles. The molecule has 146 valence electrons. The Bertz CT molecular complexity index is 773. The molecular formula is C22H29NO4. The predicted molar refractivity (Wildman–Crippen MR) is 107 cm³/mol. The summed E-state index contributed by atoms with van der Waals surface area (Å²) in [7, 11) is 3.18. The van der Waals surface area contributed by atoms with E-state index < -0.39 is 6.10 Å². The Morgan fingerprint density at radius 3 is 2.19 bits per heavy atom. The largest absolute Gasteiger partial charge is 0.493 e. The number of benzene rings is 2. The molecule has 0 heterocycles. The lowest BCUT2D eigenvalue weighted by atomic mass is 10.0. The van der Waals surface area contributed by atoms with Gasteiger partial charge >= 0.3 is 0 Å². The van der Waals surface area contributed by atoms with Gasteiger partial charge < -0.3 is 19.5 Å². The average molecular weight is 371 g/mol. The summed E-state index contributed by atoms with van der Waals surface area (Å²) in [5.41, 5.74) is 2.01. The van der Waals surface area contributed by atoms with E-state index in [1.54, 1.807) is 21.1 Å². The van der Waals surface area contributed by atoms with E-state index in [2.05, 4.69) is 19.2 Å². The minimum Gasteiger partial charge on any atom is -0.493 e. The predicted octanol–water partition coefficient (Wildman–Crippen LogP) is 4.47. The van der Waals surface area contributed by atoms with Crippen LogP contribution in [0, 0.1) is 0 Å². The average Bonchev–Trinajstić information content (AvgIpc) is 2.67. The second kappa shape index (κ2) is 9.31. The summed E-state index contributed by atoms with van der Waals surface area (Å²) >= 11 is 0. The molecule has 2 atom stereocenters. The number of ether oxygens (including phenoxy) is 3. The first-order valence-corrected chi connectivity index (χ1v) is 9.15. The van der Waals surface area contributed by atoms with Crippen LogP contribution in [0.2, 0.25) is 0 Å². The number of methoxy groups -OCH3 is 2. The van der Waals surface area contributed by atoms with Crippen molar-refractivity contribution >= 4 is 5.91 Å². The molecule has 0 aromatic heterocycles. The highest BCUT2D eigenvalue weighted by molar-refractivity contribution is 5.81. The Labute approximate surface area is 161 Å². The molecule has 0 bridgehead atoms. The zero-order valence-corrected chi connectivity index (χ0v) is 16.9. The maximum atomic E-state index is 12.6. The van der Waals surface area contributed by atoms with Crippen molar-refractivity contribution in [3.8, 4) is 17.2 Å². The van der Waals surface area contributed by atoms with Gasteiger partial charge in [-0.1, -0.05) is 38.1 Å². The van der Waals surface area contributed by atoms with E-state index in [1.807, 2.05) is 49.4 Å². The molecule has 1 N–H and O–H groups in total. The summed E-state index contributed by atoms with van der Waals surface area (Å²) in [5.74, 6) is 2.18. The van der Waals surface area contributed by atoms with E-state index in [-0.39, 0.29) is 11.9 Å². The van der Waals surface area contributed by atoms with Crippen LogP contribution in [0.5, 0.6) is 17.2 Å². The number of rotatable bonds is 8. The quantitative estimate of drug-likeness (QED) is 0.744. The van der Waals surface area contributed by atoms with Crippen molar-refractivity contribution in [3.05, 3.63) is 53.6 Å². The third kappa shape index (κ3) is 5.16. The Kier molecular flexibility index (Phi) is 7.11. The minimum absolute atomic E-state index is 0.171. The Balaban J connectivity index is 2.06. The van der Waals surface area contributed by atoms with Crippen LogP contribution < -0.4 is 19.5 Å². The molecule has 0 saturated heterocycles. The molecule has 2 rings (SSSR count). The Morgan fingerprint density at radius 2 is 1.56 bits per heavy atom. The van der Waals surface area contributed by atoms with Crippen molar-refractivity contribution in [2.75, 3.05) is 14.2 Å². The van der Waals surface area contributed by atoms with Crippen molar-refractivity contribution in [1.82, 2.24) is 5.32 Å². The van der Waals surface area contributed by atoms with Gasteiger partial charge in [0.1, 0.15) is 5.75 Å². The fourth-order valence-corrected chi connectivity index (χ4v) is 2.85. The first-order chi connectivity index (χ1) is 12.9. The summed E-state index contributed by atoms with van der Waals surface area (Å²) < 4.78 is 16.5. The summed E-state index contributed by atoms with van der Waals surface area (Å²) in [6.07, 6.45) is -0.604. The highest BCUT2D eigenvalue weighted by Gasteiger charge is 2.20. The maximum Gasteiger partial charge on any atom is 0.261 e. The molecular weight excluding hydrogens is 342 g/mol. The van der Waals surface area contributed by atoms with Gasteiger partial charge in [-0.15, -0.1) is 0 Å². The highest BCUT2D eigenvalue weighted by Crippen LogP contribution is 2.30. The van der Waals surface area contributed by atoms with E-state index in [0.717, 1.165) is 16.9 Å². The Morgan fingerprint density at radius 1 is 0.889 bits per heavy atom. The molecule has 2 aromatic rings. The van der Waals surface area contributed by atoms with Gasteiger partial charge in [0.25, 0.3) is 5.91 Å². The van der Waals surface area contributed by atoms with Gasteiger partial charge in [0.15, 0.2) is 17.6 Å². The highest BCUT2D eigenvalue weighted by atomic mass is 16.5. The van der Waals surface area contributed by atoms with Crippen LogP contribution >= 0.6 is 0 Å². The molecule has 0 aliphatic rings. The van der Waals surface area contributed by atoms with Crippen LogP contribution in [0.1, 0.15) is 50.8 Å². The summed E-state index contributed by atoms with van der Waals surface area (Å²) in [6.45, 7) is 7.89. The second-order valence-electron chi connectivity index (χ2n) is 6.80. The van der Waals surface area contributed by atoms with Crippen molar-refractivity contribution < 1.29 is 19.0 Å². The van der Waals surface area contributed by atoms with E-state index in [0.29, 0.717) is 17.4 Å². The number of amides is 1. The van der Waals surface area contributed by atoms with Gasteiger partial charge in [-0.25, -0.2) is 0 Å². The molecule has 5 heteroatoms. The van der Waals surface area contributed by atoms with Crippen molar-refractivity contribution in [2.45, 2.75) is 45.8 Å². The molecule has 0 radical (unpaired) electrons. The topological polar surface area (TPSA) is 56.8 Å². The van der Waals surface area contributed by atoms with Gasteiger partial charge in [0.05, 0.1) is 20.3 Å². The van der Waals surface area contributed by atoms with Gasteiger partial charge in [-0.05, 0) is 49.1 Å². The zero-order chi connectivity index (χ0) is 20.0. The van der Waals surface area contributed by atoms with Gasteiger partial charge in [-0.2, -0.15) is 0 Å². The number of carbonyl (C=O) groups excluding carboxylic acids is 1. The molecule has 0 spiro atoms. The van der Waals surface area contributed by atoms with Gasteiger partial charge in [0.2, 0.25) is 0 Å². The lowest BCUT2D eigenvalue weighted by Crippen LogP contribution is -2.37. The number of para-hydroxylation sites is 1. The fourth-order valence-electron chi connectivity index (χ4n) is 2.85. The number of hydrogen-bond acceptors (Lipinski definition) is 4. The molecule has 0 fully saturated rings. The summed E-state index contributed by atoms with van der Waals surface area (Å²) in [6, 6.07) is 13.2. The van der Waals surface area contributed by atoms with Gasteiger partial charge in [-0.3, -0.25) is 4.79 Å². The van der Waals surface area contributed by atoms with Crippen molar-refractivity contribution in [1.29, 1.82) is 0 Å². The SMILES string of the molecule is COc1ccc([C@H](C)NC(=O)[C@H](C)Oc2ccccc2C(C)C)cc1OC. The summed E-state index contributed by atoms with van der Waals surface area (Å²) in [5, 5.41) is 2.99. The van der Waals surface area contributed by atoms with Crippen molar-refractivity contribution in [3.63, 3.8) is 0 Å². The number of nitrogens with one attached hydrogen (secondary N) is 1. The lowest BCUT2D eigenvalue weighted by Gasteiger charge is -2.21. The first kappa shape index (κ1) is 20.6. The van der Waals surface area contributed by atoms with Gasteiger partial charge in [0, 0.05) is 0 Å². The molecule has 0 unspecified atom stereocenters. The van der Waals surface area contributed by atoms with Crippen LogP contribution in [0.4, 0.5) is 0 Å². The summed E-state index contributed by atoms with van der Waals surface area (Å²) in [4.78, 5) is 12.6. The second-order valence-corrected chi connectivity index (χ2v) is 6.80.